The van der Waals surface area contributed by atoms with Crippen LogP contribution < -0.4 is 15.4 Å². The first-order valence-corrected chi connectivity index (χ1v) is 6.91. The summed E-state index contributed by atoms with van der Waals surface area (Å²) in [5.41, 5.74) is -0.681. The van der Waals surface area contributed by atoms with Crippen LogP contribution in [0.15, 0.2) is 24.3 Å². The van der Waals surface area contributed by atoms with Crippen molar-refractivity contribution in [3.05, 3.63) is 29.8 Å². The quantitative estimate of drug-likeness (QED) is 0.601. The van der Waals surface area contributed by atoms with Crippen LogP contribution in [0.25, 0.3) is 0 Å². The summed E-state index contributed by atoms with van der Waals surface area (Å²) in [7, 11) is 1.51. The molecule has 1 aromatic rings. The Morgan fingerprint density at radius 3 is 2.87 bits per heavy atom. The lowest BCUT2D eigenvalue weighted by Gasteiger charge is -2.22. The van der Waals surface area contributed by atoms with E-state index in [1.807, 2.05) is 0 Å². The summed E-state index contributed by atoms with van der Waals surface area (Å²) < 4.78 is 5.14. The van der Waals surface area contributed by atoms with Crippen LogP contribution in [0, 0.1) is 12.3 Å². The highest BCUT2D eigenvalue weighted by atomic mass is 16.5. The largest absolute Gasteiger partial charge is 0.497 e. The number of nitrogens with one attached hydrogen (secondary N) is 2. The highest BCUT2D eigenvalue weighted by molar-refractivity contribution is 6.09. The summed E-state index contributed by atoms with van der Waals surface area (Å²) in [6.07, 6.45) is 5.05. The fraction of sp³-hybridized carbons (Fsp3) is 0.312. The van der Waals surface area contributed by atoms with Gasteiger partial charge in [0.05, 0.1) is 13.7 Å². The number of hydrogen-bond acceptors (Lipinski definition) is 4. The maximum absolute atomic E-state index is 12.6. The zero-order valence-corrected chi connectivity index (χ0v) is 12.9. The van der Waals surface area contributed by atoms with E-state index >= 15 is 0 Å². The van der Waals surface area contributed by atoms with Crippen LogP contribution in [0.3, 0.4) is 0 Å². The lowest BCUT2D eigenvalue weighted by atomic mass is 9.92. The van der Waals surface area contributed by atoms with Gasteiger partial charge in [-0.2, -0.15) is 0 Å². The van der Waals surface area contributed by atoms with Gasteiger partial charge in [-0.15, -0.1) is 6.42 Å². The van der Waals surface area contributed by atoms with Crippen molar-refractivity contribution in [2.24, 2.45) is 0 Å². The van der Waals surface area contributed by atoms with Crippen LogP contribution in [0.4, 0.5) is 4.79 Å². The number of carbonyl (C=O) groups excluding carboxylic acids is 3. The molecular formula is C16H17N3O4. The van der Waals surface area contributed by atoms with E-state index in [9.17, 15) is 14.4 Å². The minimum Gasteiger partial charge on any atom is -0.497 e. The van der Waals surface area contributed by atoms with Crippen LogP contribution in [-0.4, -0.2) is 42.9 Å². The van der Waals surface area contributed by atoms with E-state index in [2.05, 4.69) is 16.6 Å². The molecule has 0 unspecified atom stereocenters. The highest BCUT2D eigenvalue weighted by Gasteiger charge is 2.49. The van der Waals surface area contributed by atoms with Crippen LogP contribution in [-0.2, 0) is 15.1 Å². The monoisotopic (exact) mass is 315 g/mol. The predicted octanol–water partition coefficient (Wildman–Crippen LogP) is 0.212. The SMILES string of the molecule is C#CCNC(=O)CN1C(=O)N[C@](C)(c2cccc(OC)c2)C1=O. The number of imide groups is 1. The highest BCUT2D eigenvalue weighted by Crippen LogP contribution is 2.30. The molecule has 2 N–H and O–H groups in total. The third-order valence-corrected chi connectivity index (χ3v) is 3.61. The molecule has 0 saturated carbocycles. The number of terminal acetylenes is 1. The molecule has 7 heteroatoms. The molecule has 4 amide bonds. The Bertz CT molecular complexity index is 695. The van der Waals surface area contributed by atoms with Crippen molar-refractivity contribution >= 4 is 17.8 Å². The van der Waals surface area contributed by atoms with Crippen LogP contribution in [0.2, 0.25) is 0 Å². The molecule has 0 radical (unpaired) electrons. The van der Waals surface area contributed by atoms with Gasteiger partial charge >= 0.3 is 6.03 Å². The molecule has 1 aliphatic rings. The van der Waals surface area contributed by atoms with Crippen molar-refractivity contribution in [2.75, 3.05) is 20.2 Å². The number of methoxy groups -OCH3 is 1. The van der Waals surface area contributed by atoms with Gasteiger partial charge in [0, 0.05) is 0 Å². The van der Waals surface area contributed by atoms with Gasteiger partial charge in [0.2, 0.25) is 5.91 Å². The number of nitrogens with zero attached hydrogens (tertiary/aromatic N) is 1. The fourth-order valence-electron chi connectivity index (χ4n) is 2.32. The van der Waals surface area contributed by atoms with E-state index in [1.165, 1.54) is 7.11 Å². The Morgan fingerprint density at radius 2 is 2.22 bits per heavy atom. The summed E-state index contributed by atoms with van der Waals surface area (Å²) in [5, 5.41) is 5.04. The summed E-state index contributed by atoms with van der Waals surface area (Å²) in [6, 6.07) is 6.21. The maximum atomic E-state index is 12.6. The molecule has 7 nitrogen and oxygen atoms in total. The number of urea groups is 1. The van der Waals surface area contributed by atoms with Gasteiger partial charge in [-0.3, -0.25) is 14.5 Å². The molecule has 120 valence electrons. The average molecular weight is 315 g/mol. The first kappa shape index (κ1) is 16.4. The molecule has 2 rings (SSSR count). The number of rotatable bonds is 5. The molecule has 0 aromatic heterocycles. The zero-order chi connectivity index (χ0) is 17.0. The Hall–Kier alpha value is -3.01. The van der Waals surface area contributed by atoms with E-state index in [1.54, 1.807) is 31.2 Å². The van der Waals surface area contributed by atoms with Gasteiger partial charge in [0.15, 0.2) is 0 Å². The molecule has 1 saturated heterocycles. The Kier molecular flexibility index (Phi) is 4.55. The molecule has 1 fully saturated rings. The minimum absolute atomic E-state index is 0.0373. The Labute approximate surface area is 134 Å². The first-order chi connectivity index (χ1) is 10.9. The van der Waals surface area contributed by atoms with Crippen molar-refractivity contribution < 1.29 is 19.1 Å². The van der Waals surface area contributed by atoms with Gasteiger partial charge in [0.1, 0.15) is 17.8 Å². The fourth-order valence-corrected chi connectivity index (χ4v) is 2.32. The van der Waals surface area contributed by atoms with E-state index in [0.29, 0.717) is 11.3 Å². The molecule has 1 heterocycles. The standard InChI is InChI=1S/C16H17N3O4/c1-4-8-17-13(20)10-19-14(21)16(2,18-15(19)22)11-6-5-7-12(9-11)23-3/h1,5-7,9H,8,10H2,2-3H3,(H,17,20)(H,18,22)/t16-/m1/s1. The number of amides is 4. The number of hydrogen-bond donors (Lipinski definition) is 2. The van der Waals surface area contributed by atoms with Gasteiger partial charge < -0.3 is 15.4 Å². The molecule has 1 atom stereocenters. The molecule has 0 spiro atoms. The summed E-state index contributed by atoms with van der Waals surface area (Å²) in [5.74, 6) is 1.81. The Balaban J connectivity index is 2.22. The van der Waals surface area contributed by atoms with E-state index < -0.39 is 23.4 Å². The van der Waals surface area contributed by atoms with E-state index in [-0.39, 0.29) is 13.1 Å². The second-order valence-electron chi connectivity index (χ2n) is 5.16. The van der Waals surface area contributed by atoms with E-state index in [0.717, 1.165) is 4.90 Å². The normalized spacial score (nSPS) is 20.0. The lowest BCUT2D eigenvalue weighted by Crippen LogP contribution is -2.43. The van der Waals surface area contributed by atoms with Gasteiger partial charge in [-0.25, -0.2) is 4.79 Å². The lowest BCUT2D eigenvalue weighted by molar-refractivity contribution is -0.134. The number of ether oxygens (including phenoxy) is 1. The third-order valence-electron chi connectivity index (χ3n) is 3.61. The second-order valence-corrected chi connectivity index (χ2v) is 5.16. The van der Waals surface area contributed by atoms with Crippen LogP contribution >= 0.6 is 0 Å². The van der Waals surface area contributed by atoms with Crippen molar-refractivity contribution in [3.8, 4) is 18.1 Å². The van der Waals surface area contributed by atoms with Gasteiger partial charge in [0.25, 0.3) is 5.91 Å². The third kappa shape index (κ3) is 3.11. The van der Waals surface area contributed by atoms with Crippen LogP contribution in [0.5, 0.6) is 5.75 Å². The average Bonchev–Trinajstić information content (AvgIpc) is 2.77. The summed E-state index contributed by atoms with van der Waals surface area (Å²) in [4.78, 5) is 37.3. The molecule has 0 aliphatic carbocycles. The van der Waals surface area contributed by atoms with Crippen molar-refractivity contribution in [1.82, 2.24) is 15.5 Å². The van der Waals surface area contributed by atoms with E-state index in [4.69, 9.17) is 11.2 Å². The number of benzene rings is 1. The minimum atomic E-state index is -1.25. The number of carbonyl (C=O) groups is 3. The molecular weight excluding hydrogens is 298 g/mol. The summed E-state index contributed by atoms with van der Waals surface area (Å²) in [6.45, 7) is 1.24. The summed E-state index contributed by atoms with van der Waals surface area (Å²) >= 11 is 0. The van der Waals surface area contributed by atoms with Crippen molar-refractivity contribution in [3.63, 3.8) is 0 Å². The van der Waals surface area contributed by atoms with Crippen molar-refractivity contribution in [2.45, 2.75) is 12.5 Å². The van der Waals surface area contributed by atoms with Crippen molar-refractivity contribution in [1.29, 1.82) is 0 Å². The predicted molar refractivity (Wildman–Crippen MR) is 82.4 cm³/mol. The second kappa shape index (κ2) is 6.40. The first-order valence-electron chi connectivity index (χ1n) is 6.91. The van der Waals surface area contributed by atoms with Gasteiger partial charge in [-0.05, 0) is 24.6 Å². The molecule has 23 heavy (non-hydrogen) atoms. The Morgan fingerprint density at radius 1 is 1.48 bits per heavy atom. The topological polar surface area (TPSA) is 87.7 Å². The zero-order valence-electron chi connectivity index (χ0n) is 12.9. The molecule has 0 bridgehead atoms. The molecule has 1 aliphatic heterocycles. The smallest absolute Gasteiger partial charge is 0.325 e. The molecule has 1 aromatic carbocycles. The van der Waals surface area contributed by atoms with Gasteiger partial charge in [-0.1, -0.05) is 18.1 Å². The van der Waals surface area contributed by atoms with Crippen LogP contribution in [0.1, 0.15) is 12.5 Å². The maximum Gasteiger partial charge on any atom is 0.325 e.